The van der Waals surface area contributed by atoms with Crippen LogP contribution in [-0.2, 0) is 10.0 Å². The second-order valence-electron chi connectivity index (χ2n) is 6.97. The number of sulfonamides is 1. The minimum Gasteiger partial charge on any atom is -0.262 e. The van der Waals surface area contributed by atoms with Crippen molar-refractivity contribution in [1.82, 2.24) is 9.78 Å². The zero-order chi connectivity index (χ0) is 18.7. The van der Waals surface area contributed by atoms with Crippen molar-refractivity contribution in [3.8, 4) is 5.69 Å². The van der Waals surface area contributed by atoms with Crippen LogP contribution < -0.4 is 4.72 Å². The molecule has 0 unspecified atom stereocenters. The average molecular weight is 382 g/mol. The van der Waals surface area contributed by atoms with Crippen LogP contribution in [0.4, 0.5) is 5.82 Å². The van der Waals surface area contributed by atoms with Crippen LogP contribution in [0.3, 0.4) is 0 Å². The van der Waals surface area contributed by atoms with E-state index in [2.05, 4.69) is 9.82 Å². The largest absolute Gasteiger partial charge is 0.263 e. The van der Waals surface area contributed by atoms with Crippen molar-refractivity contribution in [3.05, 3.63) is 72.4 Å². The molecule has 0 atom stereocenters. The predicted molar refractivity (Wildman–Crippen MR) is 107 cm³/mol. The first-order valence-electron chi connectivity index (χ1n) is 9.36. The Bertz CT molecular complexity index is 992. The van der Waals surface area contributed by atoms with Crippen LogP contribution in [0.5, 0.6) is 0 Å². The fraction of sp³-hybridized carbons (Fsp3) is 0.286. The number of benzene rings is 2. The van der Waals surface area contributed by atoms with Crippen LogP contribution in [0.1, 0.15) is 43.6 Å². The van der Waals surface area contributed by atoms with Gasteiger partial charge >= 0.3 is 0 Å². The maximum absolute atomic E-state index is 12.8. The molecule has 1 aromatic heterocycles. The molecule has 1 aliphatic carbocycles. The highest BCUT2D eigenvalue weighted by Gasteiger charge is 2.25. The summed E-state index contributed by atoms with van der Waals surface area (Å²) >= 11 is 0. The van der Waals surface area contributed by atoms with Crippen LogP contribution in [-0.4, -0.2) is 18.2 Å². The van der Waals surface area contributed by atoms with E-state index in [0.717, 1.165) is 24.1 Å². The van der Waals surface area contributed by atoms with E-state index in [0.29, 0.717) is 11.7 Å². The standard InChI is InChI=1S/C21H23N3O2S/c25-27(26,19-14-8-3-9-15-19)23-21-20(17-10-4-1-5-11-17)16-24(22-21)18-12-6-2-7-13-18/h2-3,6-9,12-17H,1,4-5,10-11H2,(H,22,23). The van der Waals surface area contributed by atoms with Gasteiger partial charge in [-0.3, -0.25) is 4.72 Å². The van der Waals surface area contributed by atoms with Gasteiger partial charge in [-0.2, -0.15) is 0 Å². The van der Waals surface area contributed by atoms with E-state index in [1.165, 1.54) is 19.3 Å². The lowest BCUT2D eigenvalue weighted by Crippen LogP contribution is -2.15. The van der Waals surface area contributed by atoms with Crippen molar-refractivity contribution < 1.29 is 8.42 Å². The fourth-order valence-electron chi connectivity index (χ4n) is 3.68. The van der Waals surface area contributed by atoms with E-state index in [1.807, 2.05) is 36.5 Å². The number of para-hydroxylation sites is 1. The Hall–Kier alpha value is -2.60. The summed E-state index contributed by atoms with van der Waals surface area (Å²) in [4.78, 5) is 0.244. The lowest BCUT2D eigenvalue weighted by Gasteiger charge is -2.21. The minimum absolute atomic E-state index is 0.244. The van der Waals surface area contributed by atoms with Gasteiger partial charge in [-0.15, -0.1) is 5.10 Å². The third-order valence-corrected chi connectivity index (χ3v) is 6.45. The Balaban J connectivity index is 1.73. The molecule has 1 fully saturated rings. The molecule has 0 aliphatic heterocycles. The van der Waals surface area contributed by atoms with Crippen LogP contribution in [0.15, 0.2) is 71.8 Å². The topological polar surface area (TPSA) is 64.0 Å². The lowest BCUT2D eigenvalue weighted by atomic mass is 9.85. The number of hydrogen-bond donors (Lipinski definition) is 1. The van der Waals surface area contributed by atoms with Gasteiger partial charge in [0.25, 0.3) is 10.0 Å². The van der Waals surface area contributed by atoms with Gasteiger partial charge in [-0.05, 0) is 43.0 Å². The molecule has 1 heterocycles. The molecule has 1 saturated carbocycles. The van der Waals surface area contributed by atoms with Gasteiger partial charge in [-0.25, -0.2) is 13.1 Å². The van der Waals surface area contributed by atoms with Gasteiger partial charge in [0.1, 0.15) is 0 Å². The van der Waals surface area contributed by atoms with Crippen molar-refractivity contribution in [2.24, 2.45) is 0 Å². The molecular formula is C21H23N3O2S. The maximum Gasteiger partial charge on any atom is 0.263 e. The number of aromatic nitrogens is 2. The van der Waals surface area contributed by atoms with E-state index in [-0.39, 0.29) is 4.90 Å². The molecule has 0 bridgehead atoms. The van der Waals surface area contributed by atoms with E-state index >= 15 is 0 Å². The number of nitrogens with one attached hydrogen (secondary N) is 1. The van der Waals surface area contributed by atoms with Gasteiger partial charge in [-0.1, -0.05) is 55.7 Å². The van der Waals surface area contributed by atoms with Gasteiger partial charge in [0.2, 0.25) is 0 Å². The molecule has 6 heteroatoms. The Morgan fingerprint density at radius 2 is 1.52 bits per heavy atom. The molecule has 2 aromatic carbocycles. The van der Waals surface area contributed by atoms with Crippen molar-refractivity contribution in [2.75, 3.05) is 4.72 Å². The van der Waals surface area contributed by atoms with Crippen molar-refractivity contribution in [3.63, 3.8) is 0 Å². The van der Waals surface area contributed by atoms with Gasteiger partial charge in [0.15, 0.2) is 5.82 Å². The van der Waals surface area contributed by atoms with Crippen LogP contribution in [0.2, 0.25) is 0 Å². The highest BCUT2D eigenvalue weighted by molar-refractivity contribution is 7.92. The Morgan fingerprint density at radius 1 is 0.889 bits per heavy atom. The summed E-state index contributed by atoms with van der Waals surface area (Å²) in [6.07, 6.45) is 7.71. The summed E-state index contributed by atoms with van der Waals surface area (Å²) in [5.74, 6) is 0.777. The molecule has 5 nitrogen and oxygen atoms in total. The summed E-state index contributed by atoms with van der Waals surface area (Å²) in [5, 5.41) is 4.59. The number of anilines is 1. The molecule has 0 saturated heterocycles. The van der Waals surface area contributed by atoms with E-state index < -0.39 is 10.0 Å². The van der Waals surface area contributed by atoms with Crippen LogP contribution in [0.25, 0.3) is 5.69 Å². The summed E-state index contributed by atoms with van der Waals surface area (Å²) < 4.78 is 30.1. The molecular weight excluding hydrogens is 358 g/mol. The molecule has 3 aromatic rings. The van der Waals surface area contributed by atoms with E-state index in [1.54, 1.807) is 35.0 Å². The highest BCUT2D eigenvalue weighted by atomic mass is 32.2. The van der Waals surface area contributed by atoms with Crippen molar-refractivity contribution in [2.45, 2.75) is 42.9 Å². The SMILES string of the molecule is O=S(=O)(Nc1nn(-c2ccccc2)cc1C1CCCCC1)c1ccccc1. The number of hydrogen-bond acceptors (Lipinski definition) is 3. The quantitative estimate of drug-likeness (QED) is 0.695. The molecule has 0 amide bonds. The molecule has 0 radical (unpaired) electrons. The Kier molecular flexibility index (Phi) is 4.99. The van der Waals surface area contributed by atoms with Gasteiger partial charge in [0.05, 0.1) is 10.6 Å². The molecule has 4 rings (SSSR count). The van der Waals surface area contributed by atoms with Gasteiger partial charge < -0.3 is 0 Å². The smallest absolute Gasteiger partial charge is 0.262 e. The normalized spacial score (nSPS) is 15.6. The number of rotatable bonds is 5. The van der Waals surface area contributed by atoms with Crippen LogP contribution in [0, 0.1) is 0 Å². The average Bonchev–Trinajstić information content (AvgIpc) is 3.13. The first-order chi connectivity index (χ1) is 13.1. The van der Waals surface area contributed by atoms with Crippen LogP contribution >= 0.6 is 0 Å². The van der Waals surface area contributed by atoms with Crippen molar-refractivity contribution >= 4 is 15.8 Å². The highest BCUT2D eigenvalue weighted by Crippen LogP contribution is 2.37. The first kappa shape index (κ1) is 17.8. The monoisotopic (exact) mass is 381 g/mol. The first-order valence-corrected chi connectivity index (χ1v) is 10.8. The second kappa shape index (κ2) is 7.56. The second-order valence-corrected chi connectivity index (χ2v) is 8.65. The minimum atomic E-state index is -3.67. The van der Waals surface area contributed by atoms with E-state index in [4.69, 9.17) is 0 Å². The molecule has 140 valence electrons. The Morgan fingerprint density at radius 3 is 2.19 bits per heavy atom. The third-order valence-electron chi connectivity index (χ3n) is 5.09. The molecule has 1 aliphatic rings. The molecule has 1 N–H and O–H groups in total. The zero-order valence-electron chi connectivity index (χ0n) is 15.1. The maximum atomic E-state index is 12.8. The number of nitrogens with zero attached hydrogens (tertiary/aromatic N) is 2. The Labute approximate surface area is 160 Å². The molecule has 27 heavy (non-hydrogen) atoms. The van der Waals surface area contributed by atoms with Crippen molar-refractivity contribution in [1.29, 1.82) is 0 Å². The summed E-state index contributed by atoms with van der Waals surface area (Å²) in [6, 6.07) is 18.2. The van der Waals surface area contributed by atoms with E-state index in [9.17, 15) is 8.42 Å². The summed E-state index contributed by atoms with van der Waals surface area (Å²) in [6.45, 7) is 0. The fourth-order valence-corrected chi connectivity index (χ4v) is 4.72. The van der Waals surface area contributed by atoms with Gasteiger partial charge in [0, 0.05) is 11.8 Å². The third kappa shape index (κ3) is 3.90. The molecule has 0 spiro atoms. The lowest BCUT2D eigenvalue weighted by molar-refractivity contribution is 0.444. The zero-order valence-corrected chi connectivity index (χ0v) is 15.9. The summed E-state index contributed by atoms with van der Waals surface area (Å²) in [5.41, 5.74) is 1.90. The predicted octanol–water partition coefficient (Wildman–Crippen LogP) is 4.72. The summed E-state index contributed by atoms with van der Waals surface area (Å²) in [7, 11) is -3.67.